The third kappa shape index (κ3) is 4.54. The van der Waals surface area contributed by atoms with Gasteiger partial charge in [-0.3, -0.25) is 4.79 Å². The van der Waals surface area contributed by atoms with Gasteiger partial charge in [-0.25, -0.2) is 9.97 Å². The van der Waals surface area contributed by atoms with Gasteiger partial charge in [0.2, 0.25) is 5.78 Å². The summed E-state index contributed by atoms with van der Waals surface area (Å²) in [5, 5.41) is 11.6. The van der Waals surface area contributed by atoms with E-state index in [2.05, 4.69) is 16.5 Å². The van der Waals surface area contributed by atoms with Crippen LogP contribution in [0.1, 0.15) is 36.7 Å². The van der Waals surface area contributed by atoms with Crippen molar-refractivity contribution < 1.29 is 9.90 Å². The molecule has 0 aliphatic heterocycles. The van der Waals surface area contributed by atoms with Crippen molar-refractivity contribution in [2.75, 3.05) is 0 Å². The van der Waals surface area contributed by atoms with Crippen LogP contribution >= 0.6 is 35.0 Å². The molecule has 7 heteroatoms. The first-order chi connectivity index (χ1) is 12.1. The van der Waals surface area contributed by atoms with Gasteiger partial charge in [0, 0.05) is 11.2 Å². The molecular formula is C19H18Cl2N2O2S. The predicted molar refractivity (Wildman–Crippen MR) is 108 cm³/mol. The molecule has 1 unspecified atom stereocenters. The van der Waals surface area contributed by atoms with E-state index in [1.807, 2.05) is 6.92 Å². The highest BCUT2D eigenvalue weighted by Gasteiger charge is 2.28. The minimum absolute atomic E-state index is 0.0797. The molecule has 1 aromatic heterocycles. The number of ketones is 1. The Bertz CT molecular complexity index is 895. The second-order valence-corrected chi connectivity index (χ2v) is 7.95. The predicted octanol–water partition coefficient (Wildman–Crippen LogP) is 5.41. The van der Waals surface area contributed by atoms with Gasteiger partial charge in [-0.05, 0) is 48.9 Å². The van der Waals surface area contributed by atoms with Gasteiger partial charge in [0.25, 0.3) is 0 Å². The second kappa shape index (κ2) is 8.35. The number of rotatable bonds is 6. The number of aliphatic hydroxyl groups is 1. The van der Waals surface area contributed by atoms with Crippen LogP contribution in [0.2, 0.25) is 10.2 Å². The molecule has 0 spiro atoms. The summed E-state index contributed by atoms with van der Waals surface area (Å²) < 4.78 is 0. The fraction of sp³-hybridized carbons (Fsp3) is 0.211. The normalized spacial score (nSPS) is 14.4. The fourth-order valence-corrected chi connectivity index (χ4v) is 3.57. The number of thioether (sulfide) groups is 1. The molecule has 1 heterocycles. The Kier molecular flexibility index (Phi) is 6.64. The van der Waals surface area contributed by atoms with Gasteiger partial charge in [0.05, 0.1) is 10.5 Å². The molecule has 0 aliphatic carbocycles. The van der Waals surface area contributed by atoms with Gasteiger partial charge >= 0.3 is 0 Å². The van der Waals surface area contributed by atoms with Crippen molar-refractivity contribution in [1.82, 2.24) is 9.97 Å². The van der Waals surface area contributed by atoms with Crippen molar-refractivity contribution >= 4 is 40.7 Å². The van der Waals surface area contributed by atoms with E-state index in [1.165, 1.54) is 24.3 Å². The van der Waals surface area contributed by atoms with Crippen molar-refractivity contribution in [2.45, 2.75) is 26.4 Å². The number of Topliss-reactive ketones (excluding diaryl/α,β-unsaturated/α-hetero) is 1. The third-order valence-electron chi connectivity index (χ3n) is 4.08. The maximum atomic E-state index is 12.5. The summed E-state index contributed by atoms with van der Waals surface area (Å²) in [5.74, 6) is -0.352. The van der Waals surface area contributed by atoms with E-state index in [0.717, 1.165) is 4.91 Å². The Balaban J connectivity index is 2.26. The van der Waals surface area contributed by atoms with Crippen LogP contribution < -0.4 is 0 Å². The number of carbonyl (C=O) groups excluding carboxylic acids is 1. The molecule has 1 aromatic carbocycles. The first kappa shape index (κ1) is 20.6. The summed E-state index contributed by atoms with van der Waals surface area (Å²) in [6, 6.07) is 7.04. The molecule has 1 N–H and O–H groups in total. The Morgan fingerprint density at radius 1 is 1.31 bits per heavy atom. The standard InChI is InChI=1S/C19H18Cl2N2O2S/c1-11(19(4,25)14-6-5-7-15(20)8-14)12(2)26-13(3)17(24)16-9-22-10-23-18(16)21/h5-10,25H,3H2,1-2,4H3/b12-11+. The van der Waals surface area contributed by atoms with E-state index in [0.29, 0.717) is 16.2 Å². The molecule has 0 fully saturated rings. The Morgan fingerprint density at radius 2 is 2.00 bits per heavy atom. The van der Waals surface area contributed by atoms with Crippen LogP contribution in [0, 0.1) is 0 Å². The number of hydrogen-bond donors (Lipinski definition) is 1. The van der Waals surface area contributed by atoms with E-state index in [1.54, 1.807) is 38.1 Å². The fourth-order valence-electron chi connectivity index (χ4n) is 2.28. The Morgan fingerprint density at radius 3 is 2.62 bits per heavy atom. The van der Waals surface area contributed by atoms with E-state index >= 15 is 0 Å². The van der Waals surface area contributed by atoms with Crippen molar-refractivity contribution in [3.05, 3.63) is 80.1 Å². The maximum absolute atomic E-state index is 12.5. The van der Waals surface area contributed by atoms with Crippen molar-refractivity contribution in [1.29, 1.82) is 0 Å². The molecule has 0 saturated carbocycles. The topological polar surface area (TPSA) is 63.1 Å². The molecule has 0 bridgehead atoms. The molecule has 0 radical (unpaired) electrons. The quantitative estimate of drug-likeness (QED) is 0.392. The summed E-state index contributed by atoms with van der Waals surface area (Å²) in [4.78, 5) is 21.1. The number of aromatic nitrogens is 2. The number of hydrogen-bond acceptors (Lipinski definition) is 5. The van der Waals surface area contributed by atoms with Crippen LogP contribution in [0.4, 0.5) is 0 Å². The molecule has 0 saturated heterocycles. The van der Waals surface area contributed by atoms with Crippen LogP contribution in [-0.4, -0.2) is 20.9 Å². The number of nitrogens with zero attached hydrogens (tertiary/aromatic N) is 2. The van der Waals surface area contributed by atoms with Crippen molar-refractivity contribution in [2.24, 2.45) is 0 Å². The van der Waals surface area contributed by atoms with Crippen LogP contribution in [-0.2, 0) is 5.60 Å². The SMILES string of the molecule is C=C(S/C(C)=C(\C)C(C)(O)c1cccc(Cl)c1)C(=O)c1cncnc1Cl. The van der Waals surface area contributed by atoms with Crippen molar-refractivity contribution in [3.63, 3.8) is 0 Å². The van der Waals surface area contributed by atoms with Crippen LogP contribution in [0.3, 0.4) is 0 Å². The monoisotopic (exact) mass is 408 g/mol. The first-order valence-electron chi connectivity index (χ1n) is 7.68. The van der Waals surface area contributed by atoms with Crippen LogP contribution in [0.15, 0.2) is 58.8 Å². The number of allylic oxidation sites excluding steroid dienone is 2. The number of benzene rings is 1. The van der Waals surface area contributed by atoms with Crippen LogP contribution in [0.25, 0.3) is 0 Å². The lowest BCUT2D eigenvalue weighted by Gasteiger charge is -2.27. The minimum Gasteiger partial charge on any atom is -0.381 e. The summed E-state index contributed by atoms with van der Waals surface area (Å²) in [6.07, 6.45) is 2.63. The van der Waals surface area contributed by atoms with E-state index in [9.17, 15) is 9.90 Å². The smallest absolute Gasteiger partial charge is 0.203 e. The second-order valence-electron chi connectivity index (χ2n) is 5.85. The summed E-state index contributed by atoms with van der Waals surface area (Å²) >= 11 is 13.1. The zero-order valence-electron chi connectivity index (χ0n) is 14.6. The summed E-state index contributed by atoms with van der Waals surface area (Å²) in [6.45, 7) is 9.14. The molecule has 26 heavy (non-hydrogen) atoms. The van der Waals surface area contributed by atoms with E-state index in [4.69, 9.17) is 23.2 Å². The minimum atomic E-state index is -1.24. The average Bonchev–Trinajstić information content (AvgIpc) is 2.60. The van der Waals surface area contributed by atoms with Gasteiger partial charge in [-0.2, -0.15) is 0 Å². The molecule has 2 rings (SSSR count). The summed E-state index contributed by atoms with van der Waals surface area (Å²) in [5.41, 5.74) is 0.311. The van der Waals surface area contributed by atoms with Gasteiger partial charge < -0.3 is 5.11 Å². The number of halogens is 2. The number of carbonyl (C=O) groups is 1. The largest absolute Gasteiger partial charge is 0.381 e. The molecule has 0 amide bonds. The van der Waals surface area contributed by atoms with Gasteiger partial charge in [0.1, 0.15) is 17.1 Å². The first-order valence-corrected chi connectivity index (χ1v) is 9.25. The highest BCUT2D eigenvalue weighted by atomic mass is 35.5. The lowest BCUT2D eigenvalue weighted by molar-refractivity contribution is 0.0969. The maximum Gasteiger partial charge on any atom is 0.203 e. The highest BCUT2D eigenvalue weighted by Crippen LogP contribution is 2.38. The molecule has 4 nitrogen and oxygen atoms in total. The van der Waals surface area contributed by atoms with Crippen molar-refractivity contribution in [3.8, 4) is 0 Å². The van der Waals surface area contributed by atoms with Gasteiger partial charge in [-0.1, -0.05) is 53.7 Å². The van der Waals surface area contributed by atoms with Gasteiger partial charge in [-0.15, -0.1) is 0 Å². The van der Waals surface area contributed by atoms with E-state index < -0.39 is 5.60 Å². The molecule has 1 atom stereocenters. The van der Waals surface area contributed by atoms with Crippen LogP contribution in [0.5, 0.6) is 0 Å². The lowest BCUT2D eigenvalue weighted by atomic mass is 9.89. The Labute approximate surface area is 167 Å². The molecule has 136 valence electrons. The zero-order chi connectivity index (χ0) is 19.5. The third-order valence-corrected chi connectivity index (χ3v) is 5.66. The van der Waals surface area contributed by atoms with E-state index in [-0.39, 0.29) is 21.4 Å². The summed E-state index contributed by atoms with van der Waals surface area (Å²) in [7, 11) is 0. The highest BCUT2D eigenvalue weighted by molar-refractivity contribution is 8.07. The zero-order valence-corrected chi connectivity index (χ0v) is 16.9. The molecule has 2 aromatic rings. The molecule has 0 aliphatic rings. The molecular weight excluding hydrogens is 391 g/mol. The van der Waals surface area contributed by atoms with Gasteiger partial charge in [0.15, 0.2) is 0 Å². The lowest BCUT2D eigenvalue weighted by Crippen LogP contribution is -2.23. The Hall–Kier alpha value is -1.66. The average molecular weight is 409 g/mol.